The Morgan fingerprint density at radius 1 is 1.19 bits per heavy atom. The number of aliphatic hydroxyl groups is 2. The number of benzene rings is 1. The van der Waals surface area contributed by atoms with Crippen LogP contribution in [0.3, 0.4) is 0 Å². The molecule has 5 rings (SSSR count). The summed E-state index contributed by atoms with van der Waals surface area (Å²) < 4.78 is 0.827. The highest BCUT2D eigenvalue weighted by molar-refractivity contribution is 9.10. The smallest absolute Gasteiger partial charge is 0.234 e. The summed E-state index contributed by atoms with van der Waals surface area (Å²) in [6.07, 6.45) is 5.36. The predicted molar refractivity (Wildman–Crippen MR) is 167 cm³/mol. The zero-order valence-corrected chi connectivity index (χ0v) is 25.9. The normalized spacial score (nSPS) is 21.7. The SMILES string of the molecule is CCCC1=C([C@H](O)CC/C(=C/c2cc(Br)ccc2O)c2ccccn2)[C@H](CO)[C@@H]2C(=O)N(Cc3cccs3)C(=O)[C@@H]2C1. The number of amides is 2. The number of phenolic OH excluding ortho intramolecular Hbond substituents is 1. The molecule has 1 aliphatic carbocycles. The Hall–Kier alpha value is -3.11. The molecule has 2 aromatic heterocycles. The molecule has 4 atom stereocenters. The standard InChI is InChI=1S/C33H35BrN2O5S/c1-2-6-21-17-25-31(33(41)36(32(25)40)18-24-7-5-14-42-24)26(19-37)30(21)29(39)11-9-20(27-8-3-4-13-35-27)15-22-16-23(34)10-12-28(22)38/h3-5,7-8,10,12-16,25-26,29,31,37-39H,2,6,9,11,17-19H2,1H3/b20-15-/t25-,26+,29-,31-/m1/s1. The molecule has 220 valence electrons. The maximum atomic E-state index is 13.6. The molecule has 1 aliphatic heterocycles. The number of hydrogen-bond acceptors (Lipinski definition) is 7. The lowest BCUT2D eigenvalue weighted by Crippen LogP contribution is -2.39. The Labute approximate surface area is 258 Å². The van der Waals surface area contributed by atoms with E-state index < -0.39 is 23.9 Å². The van der Waals surface area contributed by atoms with E-state index in [0.29, 0.717) is 36.8 Å². The monoisotopic (exact) mass is 650 g/mol. The van der Waals surface area contributed by atoms with Gasteiger partial charge in [0.15, 0.2) is 0 Å². The average Bonchev–Trinajstić information content (AvgIpc) is 3.59. The van der Waals surface area contributed by atoms with Crippen molar-refractivity contribution in [2.24, 2.45) is 17.8 Å². The number of rotatable bonds is 11. The van der Waals surface area contributed by atoms with E-state index in [9.17, 15) is 24.9 Å². The maximum absolute atomic E-state index is 13.6. The van der Waals surface area contributed by atoms with Gasteiger partial charge < -0.3 is 15.3 Å². The number of nitrogens with zero attached hydrogens (tertiary/aromatic N) is 2. The lowest BCUT2D eigenvalue weighted by atomic mass is 9.67. The third kappa shape index (κ3) is 6.29. The number of carbonyl (C=O) groups is 2. The summed E-state index contributed by atoms with van der Waals surface area (Å²) in [5.74, 6) is -2.14. The number of aromatic nitrogens is 1. The molecule has 0 spiro atoms. The third-order valence-electron chi connectivity index (χ3n) is 8.28. The van der Waals surface area contributed by atoms with Gasteiger partial charge in [-0.15, -0.1) is 11.3 Å². The molecule has 1 saturated heterocycles. The first-order valence-corrected chi connectivity index (χ1v) is 16.0. The number of thiophene rings is 1. The number of fused-ring (bicyclic) bond motifs is 1. The summed E-state index contributed by atoms with van der Waals surface area (Å²) in [6.45, 7) is 1.97. The van der Waals surface area contributed by atoms with Crippen molar-refractivity contribution in [1.29, 1.82) is 0 Å². The van der Waals surface area contributed by atoms with Crippen LogP contribution in [0.25, 0.3) is 11.6 Å². The van der Waals surface area contributed by atoms with Gasteiger partial charge in [-0.2, -0.15) is 0 Å². The fourth-order valence-electron chi connectivity index (χ4n) is 6.38. The van der Waals surface area contributed by atoms with Crippen molar-refractivity contribution in [3.8, 4) is 5.75 Å². The van der Waals surface area contributed by atoms with E-state index in [1.165, 1.54) is 16.2 Å². The summed E-state index contributed by atoms with van der Waals surface area (Å²) in [7, 11) is 0. The van der Waals surface area contributed by atoms with Gasteiger partial charge in [-0.25, -0.2) is 0 Å². The van der Waals surface area contributed by atoms with Gasteiger partial charge in [0.1, 0.15) is 5.75 Å². The molecule has 0 bridgehead atoms. The second kappa shape index (κ2) is 13.5. The first kappa shape index (κ1) is 30.4. The van der Waals surface area contributed by atoms with Crippen molar-refractivity contribution < 1.29 is 24.9 Å². The molecule has 42 heavy (non-hydrogen) atoms. The summed E-state index contributed by atoms with van der Waals surface area (Å²) in [5, 5.41) is 34.7. The molecule has 3 heterocycles. The van der Waals surface area contributed by atoms with E-state index in [0.717, 1.165) is 32.6 Å². The van der Waals surface area contributed by atoms with Gasteiger partial charge in [-0.3, -0.25) is 19.5 Å². The number of phenols is 1. The van der Waals surface area contributed by atoms with E-state index in [1.807, 2.05) is 54.8 Å². The maximum Gasteiger partial charge on any atom is 0.234 e. The molecule has 7 nitrogen and oxygen atoms in total. The van der Waals surface area contributed by atoms with Crippen LogP contribution >= 0.6 is 27.3 Å². The quantitative estimate of drug-likeness (QED) is 0.168. The number of carbonyl (C=O) groups excluding carboxylic acids is 2. The average molecular weight is 652 g/mol. The van der Waals surface area contributed by atoms with Crippen molar-refractivity contribution >= 4 is 50.7 Å². The molecule has 3 aromatic rings. The molecule has 0 unspecified atom stereocenters. The highest BCUT2D eigenvalue weighted by Crippen LogP contribution is 2.48. The fourth-order valence-corrected chi connectivity index (χ4v) is 7.45. The number of pyridine rings is 1. The lowest BCUT2D eigenvalue weighted by molar-refractivity contribution is -0.140. The third-order valence-corrected chi connectivity index (χ3v) is 9.63. The molecule has 9 heteroatoms. The van der Waals surface area contributed by atoms with Crippen LogP contribution in [-0.2, 0) is 16.1 Å². The molecule has 3 N–H and O–H groups in total. The highest BCUT2D eigenvalue weighted by atomic mass is 79.9. The fraction of sp³-hybridized carbons (Fsp3) is 0.364. The minimum atomic E-state index is -0.915. The van der Waals surface area contributed by atoms with Gasteiger partial charge in [0, 0.05) is 27.0 Å². The van der Waals surface area contributed by atoms with Crippen LogP contribution < -0.4 is 0 Å². The van der Waals surface area contributed by atoms with E-state index in [4.69, 9.17) is 0 Å². The van der Waals surface area contributed by atoms with Crippen LogP contribution in [-0.4, -0.2) is 49.7 Å². The number of hydrogen-bond donors (Lipinski definition) is 3. The molecular formula is C33H35BrN2O5S. The number of aliphatic hydroxyl groups excluding tert-OH is 2. The van der Waals surface area contributed by atoms with Gasteiger partial charge in [0.2, 0.25) is 11.8 Å². The lowest BCUT2D eigenvalue weighted by Gasteiger charge is -2.36. The van der Waals surface area contributed by atoms with Gasteiger partial charge in [0.05, 0.1) is 36.8 Å². The Morgan fingerprint density at radius 3 is 2.71 bits per heavy atom. The van der Waals surface area contributed by atoms with Gasteiger partial charge >= 0.3 is 0 Å². The van der Waals surface area contributed by atoms with Gasteiger partial charge in [0.25, 0.3) is 0 Å². The van der Waals surface area contributed by atoms with E-state index in [2.05, 4.69) is 20.9 Å². The second-order valence-corrected chi connectivity index (χ2v) is 12.9. The Balaban J connectivity index is 1.43. The number of halogens is 1. The molecule has 2 amide bonds. The second-order valence-electron chi connectivity index (χ2n) is 10.9. The van der Waals surface area contributed by atoms with Gasteiger partial charge in [-0.1, -0.05) is 47.0 Å². The van der Waals surface area contributed by atoms with E-state index in [1.54, 1.807) is 18.3 Å². The van der Waals surface area contributed by atoms with Crippen LogP contribution in [0.4, 0.5) is 0 Å². The van der Waals surface area contributed by atoms with Gasteiger partial charge in [-0.05, 0) is 84.7 Å². The van der Waals surface area contributed by atoms with Crippen molar-refractivity contribution in [3.63, 3.8) is 0 Å². The minimum Gasteiger partial charge on any atom is -0.507 e. The van der Waals surface area contributed by atoms with E-state index >= 15 is 0 Å². The summed E-state index contributed by atoms with van der Waals surface area (Å²) in [5.41, 5.74) is 3.86. The molecule has 0 radical (unpaired) electrons. The van der Waals surface area contributed by atoms with Crippen LogP contribution in [0.5, 0.6) is 5.75 Å². The van der Waals surface area contributed by atoms with E-state index in [-0.39, 0.29) is 30.7 Å². The van der Waals surface area contributed by atoms with Crippen LogP contribution in [0.15, 0.2) is 75.7 Å². The Morgan fingerprint density at radius 2 is 2.02 bits per heavy atom. The Bertz CT molecular complexity index is 1490. The number of allylic oxidation sites excluding steroid dienone is 2. The zero-order valence-electron chi connectivity index (χ0n) is 23.4. The summed E-state index contributed by atoms with van der Waals surface area (Å²) >= 11 is 4.97. The number of imide groups is 1. The first-order chi connectivity index (χ1) is 20.3. The van der Waals surface area contributed by atoms with Crippen molar-refractivity contribution in [2.75, 3.05) is 6.61 Å². The Kier molecular flexibility index (Phi) is 9.73. The molecule has 0 saturated carbocycles. The van der Waals surface area contributed by atoms with Crippen molar-refractivity contribution in [1.82, 2.24) is 9.88 Å². The molecular weight excluding hydrogens is 616 g/mol. The van der Waals surface area contributed by atoms with Crippen LogP contribution in [0.1, 0.15) is 55.2 Å². The highest BCUT2D eigenvalue weighted by Gasteiger charge is 2.54. The minimum absolute atomic E-state index is 0.135. The summed E-state index contributed by atoms with van der Waals surface area (Å²) in [4.78, 5) is 33.9. The molecule has 1 fully saturated rings. The first-order valence-electron chi connectivity index (χ1n) is 14.3. The van der Waals surface area contributed by atoms with Crippen molar-refractivity contribution in [2.45, 2.75) is 51.7 Å². The number of aromatic hydroxyl groups is 1. The van der Waals surface area contributed by atoms with Crippen LogP contribution in [0, 0.1) is 17.8 Å². The molecule has 1 aromatic carbocycles. The number of likely N-dealkylation sites (tertiary alicyclic amines) is 1. The predicted octanol–water partition coefficient (Wildman–Crippen LogP) is 6.20. The molecule has 2 aliphatic rings. The van der Waals surface area contributed by atoms with Crippen molar-refractivity contribution in [3.05, 3.63) is 91.9 Å². The summed E-state index contributed by atoms with van der Waals surface area (Å²) in [6, 6.07) is 14.6. The zero-order chi connectivity index (χ0) is 29.8. The topological polar surface area (TPSA) is 111 Å². The largest absolute Gasteiger partial charge is 0.507 e. The van der Waals surface area contributed by atoms with Crippen LogP contribution in [0.2, 0.25) is 0 Å².